The van der Waals surface area contributed by atoms with Gasteiger partial charge in [0.2, 0.25) is 0 Å². The lowest BCUT2D eigenvalue weighted by Crippen LogP contribution is -2.25. The van der Waals surface area contributed by atoms with Gasteiger partial charge < -0.3 is 4.74 Å². The second-order valence-electron chi connectivity index (χ2n) is 7.14. The molecule has 20 heavy (non-hydrogen) atoms. The Labute approximate surface area is 134 Å². The van der Waals surface area contributed by atoms with Crippen molar-refractivity contribution in [3.63, 3.8) is 0 Å². The minimum atomic E-state index is 0.821. The van der Waals surface area contributed by atoms with Crippen molar-refractivity contribution < 1.29 is 4.74 Å². The molecule has 2 fully saturated rings. The Balaban J connectivity index is 1.55. The first-order valence-corrected chi connectivity index (χ1v) is 9.84. The molecule has 0 saturated heterocycles. The molecular weight excluding hydrogens is 312 g/mol. The lowest BCUT2D eigenvalue weighted by atomic mass is 9.70. The summed E-state index contributed by atoms with van der Waals surface area (Å²) in [5, 5.41) is 0. The number of methoxy groups -OCH3 is 1. The Morgan fingerprint density at radius 1 is 0.800 bits per heavy atom. The molecule has 2 rings (SSSR count). The molecule has 0 aromatic heterocycles. The smallest absolute Gasteiger partial charge is 0.0462 e. The van der Waals surface area contributed by atoms with Gasteiger partial charge in [-0.25, -0.2) is 0 Å². The lowest BCUT2D eigenvalue weighted by molar-refractivity contribution is 0.162. The van der Waals surface area contributed by atoms with Crippen LogP contribution in [0.2, 0.25) is 0 Å². The highest BCUT2D eigenvalue weighted by Crippen LogP contribution is 2.42. The monoisotopic (exact) mass is 344 g/mol. The minimum Gasteiger partial charge on any atom is -0.385 e. The molecule has 0 radical (unpaired) electrons. The van der Waals surface area contributed by atoms with Crippen LogP contribution >= 0.6 is 15.9 Å². The molecule has 2 aliphatic rings. The Hall–Kier alpha value is 0.440. The molecule has 118 valence electrons. The van der Waals surface area contributed by atoms with E-state index in [0.717, 1.165) is 29.2 Å². The summed E-state index contributed by atoms with van der Waals surface area (Å²) < 4.78 is 5.12. The summed E-state index contributed by atoms with van der Waals surface area (Å²) in [6, 6.07) is 0. The number of hydrogen-bond donors (Lipinski definition) is 0. The quantitative estimate of drug-likeness (QED) is 0.409. The van der Waals surface area contributed by atoms with Crippen molar-refractivity contribution >= 4 is 15.9 Å². The molecule has 0 bridgehead atoms. The highest BCUT2D eigenvalue weighted by Gasteiger charge is 2.29. The highest BCUT2D eigenvalue weighted by atomic mass is 79.9. The predicted octanol–water partition coefficient (Wildman–Crippen LogP) is 5.95. The topological polar surface area (TPSA) is 9.23 Å². The van der Waals surface area contributed by atoms with Gasteiger partial charge in [0.15, 0.2) is 0 Å². The second kappa shape index (κ2) is 9.46. The Morgan fingerprint density at radius 2 is 1.40 bits per heavy atom. The normalized spacial score (nSPS) is 35.1. The molecule has 0 aromatic rings. The van der Waals surface area contributed by atoms with E-state index in [4.69, 9.17) is 4.74 Å². The standard InChI is InChI=1S/C18H33BrO/c1-20-14-4-2-3-5-15-6-8-16(9-7-15)17-10-12-18(19)13-11-17/h15-18H,2-14H2,1H3. The van der Waals surface area contributed by atoms with Gasteiger partial charge in [0.25, 0.3) is 0 Å². The molecule has 0 amide bonds. The molecule has 0 N–H and O–H groups in total. The average molecular weight is 345 g/mol. The number of rotatable bonds is 7. The van der Waals surface area contributed by atoms with Gasteiger partial charge >= 0.3 is 0 Å². The summed E-state index contributed by atoms with van der Waals surface area (Å²) in [6.45, 7) is 0.947. The molecule has 0 unspecified atom stereocenters. The first-order chi connectivity index (χ1) is 9.79. The van der Waals surface area contributed by atoms with Gasteiger partial charge in [0, 0.05) is 18.5 Å². The third-order valence-electron chi connectivity index (χ3n) is 5.72. The van der Waals surface area contributed by atoms with Gasteiger partial charge in [0.1, 0.15) is 0 Å². The number of alkyl halides is 1. The maximum Gasteiger partial charge on any atom is 0.0462 e. The van der Waals surface area contributed by atoms with Gasteiger partial charge in [-0.1, -0.05) is 48.0 Å². The Bertz CT molecular complexity index is 240. The Kier molecular flexibility index (Phi) is 7.94. The van der Waals surface area contributed by atoms with Gasteiger partial charge in [-0.3, -0.25) is 0 Å². The zero-order valence-electron chi connectivity index (χ0n) is 13.3. The van der Waals surface area contributed by atoms with E-state index in [-0.39, 0.29) is 0 Å². The first-order valence-electron chi connectivity index (χ1n) is 8.92. The van der Waals surface area contributed by atoms with Crippen LogP contribution in [0.15, 0.2) is 0 Å². The van der Waals surface area contributed by atoms with E-state index < -0.39 is 0 Å². The van der Waals surface area contributed by atoms with E-state index in [9.17, 15) is 0 Å². The fourth-order valence-corrected chi connectivity index (χ4v) is 4.88. The number of unbranched alkanes of at least 4 members (excludes halogenated alkanes) is 2. The SMILES string of the molecule is COCCCCCC1CCC(C2CCC(Br)CC2)CC1. The maximum absolute atomic E-state index is 5.12. The van der Waals surface area contributed by atoms with Gasteiger partial charge in [-0.05, 0) is 62.7 Å². The molecule has 0 spiro atoms. The fourth-order valence-electron chi connectivity index (χ4n) is 4.35. The minimum absolute atomic E-state index is 0.821. The summed E-state index contributed by atoms with van der Waals surface area (Å²) in [7, 11) is 1.81. The zero-order chi connectivity index (χ0) is 14.2. The summed E-state index contributed by atoms with van der Waals surface area (Å²) in [5.74, 6) is 3.17. The van der Waals surface area contributed by atoms with Crippen LogP contribution in [0.3, 0.4) is 0 Å². The van der Waals surface area contributed by atoms with Crippen molar-refractivity contribution in [1.29, 1.82) is 0 Å². The summed E-state index contributed by atoms with van der Waals surface area (Å²) in [5.41, 5.74) is 0. The Morgan fingerprint density at radius 3 is 2.00 bits per heavy atom. The molecule has 2 aliphatic carbocycles. The number of halogens is 1. The third-order valence-corrected chi connectivity index (χ3v) is 6.64. The highest BCUT2D eigenvalue weighted by molar-refractivity contribution is 9.09. The van der Waals surface area contributed by atoms with Crippen LogP contribution in [0.4, 0.5) is 0 Å². The summed E-state index contributed by atoms with van der Waals surface area (Å²) >= 11 is 3.79. The van der Waals surface area contributed by atoms with Crippen LogP contribution in [0.5, 0.6) is 0 Å². The molecule has 0 atom stereocenters. The lowest BCUT2D eigenvalue weighted by Gasteiger charge is -2.37. The molecule has 0 heterocycles. The van der Waals surface area contributed by atoms with Crippen molar-refractivity contribution in [2.24, 2.45) is 17.8 Å². The average Bonchev–Trinajstić information content (AvgIpc) is 2.49. The van der Waals surface area contributed by atoms with E-state index in [1.54, 1.807) is 0 Å². The van der Waals surface area contributed by atoms with Crippen LogP contribution in [-0.2, 0) is 4.74 Å². The van der Waals surface area contributed by atoms with Crippen molar-refractivity contribution in [3.8, 4) is 0 Å². The van der Waals surface area contributed by atoms with E-state index >= 15 is 0 Å². The van der Waals surface area contributed by atoms with Crippen LogP contribution in [0.1, 0.15) is 77.0 Å². The molecule has 2 saturated carbocycles. The van der Waals surface area contributed by atoms with Crippen LogP contribution in [-0.4, -0.2) is 18.5 Å². The molecular formula is C18H33BrO. The first kappa shape index (κ1) is 16.8. The van der Waals surface area contributed by atoms with Gasteiger partial charge in [-0.2, -0.15) is 0 Å². The zero-order valence-corrected chi connectivity index (χ0v) is 14.9. The summed E-state index contributed by atoms with van der Waals surface area (Å²) in [6.07, 6.45) is 17.4. The predicted molar refractivity (Wildman–Crippen MR) is 90.5 cm³/mol. The van der Waals surface area contributed by atoms with Crippen LogP contribution < -0.4 is 0 Å². The number of ether oxygens (including phenoxy) is 1. The van der Waals surface area contributed by atoms with E-state index in [0.29, 0.717) is 0 Å². The number of hydrogen-bond acceptors (Lipinski definition) is 1. The van der Waals surface area contributed by atoms with Crippen molar-refractivity contribution in [3.05, 3.63) is 0 Å². The van der Waals surface area contributed by atoms with E-state index in [1.807, 2.05) is 7.11 Å². The molecule has 0 aromatic carbocycles. The van der Waals surface area contributed by atoms with Crippen molar-refractivity contribution in [2.45, 2.75) is 81.9 Å². The van der Waals surface area contributed by atoms with Crippen LogP contribution in [0.25, 0.3) is 0 Å². The molecule has 1 nitrogen and oxygen atoms in total. The maximum atomic E-state index is 5.12. The second-order valence-corrected chi connectivity index (χ2v) is 8.43. The van der Waals surface area contributed by atoms with Gasteiger partial charge in [0.05, 0.1) is 0 Å². The molecule has 2 heteroatoms. The summed E-state index contributed by atoms with van der Waals surface area (Å²) in [4.78, 5) is 0.821. The van der Waals surface area contributed by atoms with E-state index in [2.05, 4.69) is 15.9 Å². The largest absolute Gasteiger partial charge is 0.385 e. The third kappa shape index (κ3) is 5.67. The van der Waals surface area contributed by atoms with E-state index in [1.165, 1.54) is 77.0 Å². The fraction of sp³-hybridized carbons (Fsp3) is 1.00. The van der Waals surface area contributed by atoms with Crippen LogP contribution in [0, 0.1) is 17.8 Å². The molecule has 0 aliphatic heterocycles. The van der Waals surface area contributed by atoms with Gasteiger partial charge in [-0.15, -0.1) is 0 Å². The van der Waals surface area contributed by atoms with Crippen molar-refractivity contribution in [1.82, 2.24) is 0 Å². The van der Waals surface area contributed by atoms with Crippen molar-refractivity contribution in [2.75, 3.05) is 13.7 Å².